The summed E-state index contributed by atoms with van der Waals surface area (Å²) in [6.45, 7) is 25.7. The molecule has 0 bridgehead atoms. The van der Waals surface area contributed by atoms with Gasteiger partial charge in [-0.2, -0.15) is 0 Å². The Hall–Kier alpha value is -2.56. The number of nitrogens with zero attached hydrogens (tertiary/aromatic N) is 3. The summed E-state index contributed by atoms with van der Waals surface area (Å²) in [5.41, 5.74) is 7.02. The van der Waals surface area contributed by atoms with Crippen LogP contribution in [0, 0.1) is 23.3 Å². The molecule has 0 spiro atoms. The third-order valence-corrected chi connectivity index (χ3v) is 8.16. The molecule has 180 valence electrons. The molecule has 1 aromatic carbocycles. The molecule has 0 saturated carbocycles. The van der Waals surface area contributed by atoms with E-state index in [1.165, 1.54) is 35.2 Å². The number of nitriles is 1. The molecule has 0 aromatic heterocycles. The summed E-state index contributed by atoms with van der Waals surface area (Å²) in [6, 6.07) is 6.86. The maximum absolute atomic E-state index is 9.47. The molecule has 3 aliphatic heterocycles. The van der Waals surface area contributed by atoms with Crippen molar-refractivity contribution in [3.05, 3.63) is 57.6 Å². The van der Waals surface area contributed by atoms with Crippen LogP contribution in [0.1, 0.15) is 90.8 Å². The SMILES string of the molecule is [C-]#[N+]/C(C#N)=C1\CC(/C=C/c2cc3c4c(c2)C(C)(C)CCN4CCC3(C)C)OC(C(C)(C)C)C1. The van der Waals surface area contributed by atoms with E-state index in [4.69, 9.17) is 11.3 Å². The zero-order chi connectivity index (χ0) is 24.9. The second kappa shape index (κ2) is 8.58. The molecule has 2 unspecified atom stereocenters. The maximum Gasteiger partial charge on any atom is 0.261 e. The monoisotopic (exact) mass is 457 g/mol. The number of allylic oxidation sites excluding steroid dienone is 1. The summed E-state index contributed by atoms with van der Waals surface area (Å²) in [4.78, 5) is 6.09. The fourth-order valence-electron chi connectivity index (χ4n) is 5.63. The highest BCUT2D eigenvalue weighted by Gasteiger charge is 2.40. The molecule has 0 aliphatic carbocycles. The van der Waals surface area contributed by atoms with Gasteiger partial charge in [-0.15, -0.1) is 0 Å². The fourth-order valence-corrected chi connectivity index (χ4v) is 5.63. The van der Waals surface area contributed by atoms with Crippen LogP contribution in [0.3, 0.4) is 0 Å². The topological polar surface area (TPSA) is 40.6 Å². The van der Waals surface area contributed by atoms with Gasteiger partial charge in [0.2, 0.25) is 0 Å². The summed E-state index contributed by atoms with van der Waals surface area (Å²) >= 11 is 0. The molecule has 3 heterocycles. The molecule has 34 heavy (non-hydrogen) atoms. The van der Waals surface area contributed by atoms with E-state index in [9.17, 15) is 5.26 Å². The zero-order valence-corrected chi connectivity index (χ0v) is 22.0. The van der Waals surface area contributed by atoms with Gasteiger partial charge in [-0.1, -0.05) is 60.6 Å². The number of hydrogen-bond acceptors (Lipinski definition) is 3. The van der Waals surface area contributed by atoms with E-state index < -0.39 is 0 Å². The van der Waals surface area contributed by atoms with Gasteiger partial charge in [0.15, 0.2) is 0 Å². The number of anilines is 1. The molecule has 4 heteroatoms. The minimum atomic E-state index is -0.136. The van der Waals surface area contributed by atoms with Crippen molar-refractivity contribution in [2.75, 3.05) is 18.0 Å². The fraction of sp³-hybridized carbons (Fsp3) is 0.600. The van der Waals surface area contributed by atoms with Crippen LogP contribution in [0.2, 0.25) is 0 Å². The van der Waals surface area contributed by atoms with Gasteiger partial charge in [0, 0.05) is 18.8 Å². The first-order chi connectivity index (χ1) is 15.9. The Balaban J connectivity index is 1.72. The molecule has 4 nitrogen and oxygen atoms in total. The van der Waals surface area contributed by atoms with Crippen molar-refractivity contribution < 1.29 is 4.74 Å². The van der Waals surface area contributed by atoms with Crippen molar-refractivity contribution in [3.63, 3.8) is 0 Å². The number of benzene rings is 1. The molecule has 0 N–H and O–H groups in total. The standard InChI is InChI=1S/C30H39N3O/c1-28(2,3)26-18-21(25(19-31)32-8)17-22(34-26)10-9-20-15-23-27-24(16-20)30(6,7)12-14-33(27)13-11-29(23,4)5/h9-10,15-16,22,26H,11-14,17-18H2,1-7H3/b10-9+,25-21+. The molecular weight excluding hydrogens is 418 g/mol. The van der Waals surface area contributed by atoms with Gasteiger partial charge in [-0.25, -0.2) is 10.1 Å². The van der Waals surface area contributed by atoms with E-state index in [0.717, 1.165) is 18.7 Å². The highest BCUT2D eigenvalue weighted by atomic mass is 16.5. The Labute approximate surface area is 206 Å². The lowest BCUT2D eigenvalue weighted by Crippen LogP contribution is -2.44. The van der Waals surface area contributed by atoms with E-state index in [1.807, 2.05) is 0 Å². The van der Waals surface area contributed by atoms with Crippen LogP contribution in [-0.4, -0.2) is 25.3 Å². The lowest BCUT2D eigenvalue weighted by molar-refractivity contribution is -0.0630. The second-order valence-electron chi connectivity index (χ2n) is 12.7. The first-order valence-electron chi connectivity index (χ1n) is 12.6. The lowest BCUT2D eigenvalue weighted by atomic mass is 9.69. The van der Waals surface area contributed by atoms with Crippen molar-refractivity contribution in [1.29, 1.82) is 5.26 Å². The van der Waals surface area contributed by atoms with Crippen LogP contribution < -0.4 is 4.90 Å². The second-order valence-corrected chi connectivity index (χ2v) is 12.7. The summed E-state index contributed by atoms with van der Waals surface area (Å²) in [5, 5.41) is 9.47. The van der Waals surface area contributed by atoms with E-state index in [0.29, 0.717) is 12.8 Å². The van der Waals surface area contributed by atoms with Gasteiger partial charge >= 0.3 is 0 Å². The summed E-state index contributed by atoms with van der Waals surface area (Å²) in [6.07, 6.45) is 7.80. The molecular formula is C30H39N3O. The third kappa shape index (κ3) is 4.54. The Morgan fingerprint density at radius 2 is 1.71 bits per heavy atom. The summed E-state index contributed by atoms with van der Waals surface area (Å²) in [7, 11) is 0. The maximum atomic E-state index is 9.47. The van der Waals surface area contributed by atoms with Crippen LogP contribution in [0.15, 0.2) is 29.5 Å². The summed E-state index contributed by atoms with van der Waals surface area (Å²) in [5.74, 6) is 0. The van der Waals surface area contributed by atoms with Crippen molar-refractivity contribution in [3.8, 4) is 6.07 Å². The van der Waals surface area contributed by atoms with Gasteiger partial charge in [0.1, 0.15) is 0 Å². The van der Waals surface area contributed by atoms with Gasteiger partial charge in [-0.3, -0.25) is 0 Å². The highest BCUT2D eigenvalue weighted by Crippen LogP contribution is 2.49. The van der Waals surface area contributed by atoms with E-state index in [-0.39, 0.29) is 34.1 Å². The molecule has 3 aliphatic rings. The smallest absolute Gasteiger partial charge is 0.261 e. The normalized spacial score (nSPS) is 27.0. The number of rotatable bonds is 2. The van der Waals surface area contributed by atoms with Gasteiger partial charge < -0.3 is 9.64 Å². The van der Waals surface area contributed by atoms with Crippen LogP contribution in [0.5, 0.6) is 0 Å². The number of hydrogen-bond donors (Lipinski definition) is 0. The minimum absolute atomic E-state index is 0.0212. The molecule has 1 fully saturated rings. The highest BCUT2D eigenvalue weighted by molar-refractivity contribution is 5.71. The predicted molar refractivity (Wildman–Crippen MR) is 140 cm³/mol. The Morgan fingerprint density at radius 3 is 2.21 bits per heavy atom. The Kier molecular flexibility index (Phi) is 6.20. The van der Waals surface area contributed by atoms with Crippen LogP contribution in [0.25, 0.3) is 10.9 Å². The molecule has 1 saturated heterocycles. The van der Waals surface area contributed by atoms with Gasteiger partial charge in [0.25, 0.3) is 5.70 Å². The average molecular weight is 458 g/mol. The average Bonchev–Trinajstić information content (AvgIpc) is 2.76. The van der Waals surface area contributed by atoms with E-state index >= 15 is 0 Å². The van der Waals surface area contributed by atoms with Crippen LogP contribution in [-0.2, 0) is 15.6 Å². The molecule has 0 amide bonds. The molecule has 4 rings (SSSR count). The number of ether oxygens (including phenoxy) is 1. The van der Waals surface area contributed by atoms with E-state index in [1.54, 1.807) is 0 Å². The molecule has 2 atom stereocenters. The molecule has 1 aromatic rings. The van der Waals surface area contributed by atoms with Crippen LogP contribution >= 0.6 is 0 Å². The van der Waals surface area contributed by atoms with Gasteiger partial charge in [0.05, 0.1) is 24.8 Å². The van der Waals surface area contributed by atoms with Crippen molar-refractivity contribution in [1.82, 2.24) is 0 Å². The predicted octanol–water partition coefficient (Wildman–Crippen LogP) is 7.16. The van der Waals surface area contributed by atoms with Crippen molar-refractivity contribution in [2.24, 2.45) is 5.41 Å². The first-order valence-corrected chi connectivity index (χ1v) is 12.6. The molecule has 0 radical (unpaired) electrons. The first kappa shape index (κ1) is 24.6. The quantitative estimate of drug-likeness (QED) is 0.349. The third-order valence-electron chi connectivity index (χ3n) is 8.16. The van der Waals surface area contributed by atoms with E-state index in [2.05, 4.69) is 88.6 Å². The Morgan fingerprint density at radius 1 is 1.12 bits per heavy atom. The Bertz CT molecular complexity index is 1060. The lowest BCUT2D eigenvalue weighted by Gasteiger charge is -2.48. The van der Waals surface area contributed by atoms with Crippen LogP contribution in [0.4, 0.5) is 5.69 Å². The summed E-state index contributed by atoms with van der Waals surface area (Å²) < 4.78 is 6.48. The minimum Gasteiger partial charge on any atom is -0.371 e. The van der Waals surface area contributed by atoms with Gasteiger partial charge in [-0.05, 0) is 76.3 Å². The largest absolute Gasteiger partial charge is 0.371 e. The van der Waals surface area contributed by atoms with Crippen molar-refractivity contribution in [2.45, 2.75) is 97.2 Å². The van der Waals surface area contributed by atoms with Crippen molar-refractivity contribution >= 4 is 11.8 Å². The zero-order valence-electron chi connectivity index (χ0n) is 22.0.